The molecule has 1 aromatic carbocycles. The van der Waals surface area contributed by atoms with E-state index in [2.05, 4.69) is 16.8 Å². The third kappa shape index (κ3) is 5.34. The van der Waals surface area contributed by atoms with Crippen molar-refractivity contribution in [3.05, 3.63) is 34.8 Å². The van der Waals surface area contributed by atoms with Gasteiger partial charge in [-0.2, -0.15) is 0 Å². The second kappa shape index (κ2) is 9.01. The normalized spacial score (nSPS) is 9.77. The standard InChI is InChI=1S/C10H16N2O.C5H6N2OS/c1-2-12(7-8-13)10-5-3-9(11)4-6-10;1-3-4(2-8)9-5(6)7-3/h3-6,13H,2,7-8,11H2,1H3;2H,1H3,(H2,6,7). The second-order valence-corrected chi connectivity index (χ2v) is 5.58. The Morgan fingerprint density at radius 1 is 1.32 bits per heavy atom. The molecule has 0 spiro atoms. The Kier molecular flexibility index (Phi) is 7.34. The van der Waals surface area contributed by atoms with Gasteiger partial charge in [0.1, 0.15) is 0 Å². The number of nitrogen functional groups attached to an aromatic ring is 2. The summed E-state index contributed by atoms with van der Waals surface area (Å²) in [7, 11) is 0. The van der Waals surface area contributed by atoms with Crippen LogP contribution < -0.4 is 16.4 Å². The predicted molar refractivity (Wildman–Crippen MR) is 92.5 cm³/mol. The van der Waals surface area contributed by atoms with Crippen LogP contribution in [0.3, 0.4) is 0 Å². The maximum atomic E-state index is 10.2. The number of nitrogens with two attached hydrogens (primary N) is 2. The van der Waals surface area contributed by atoms with Crippen molar-refractivity contribution in [2.45, 2.75) is 13.8 Å². The molecule has 0 aliphatic carbocycles. The highest BCUT2D eigenvalue weighted by Gasteiger charge is 2.02. The van der Waals surface area contributed by atoms with Gasteiger partial charge in [0.05, 0.1) is 17.2 Å². The zero-order valence-electron chi connectivity index (χ0n) is 12.8. The Morgan fingerprint density at radius 3 is 2.32 bits per heavy atom. The molecule has 1 aromatic heterocycles. The highest BCUT2D eigenvalue weighted by atomic mass is 32.1. The lowest BCUT2D eigenvalue weighted by Gasteiger charge is -2.21. The molecule has 0 aliphatic rings. The summed E-state index contributed by atoms with van der Waals surface area (Å²) in [6.45, 7) is 5.56. The maximum absolute atomic E-state index is 10.2. The number of benzene rings is 1. The molecule has 2 aromatic rings. The lowest BCUT2D eigenvalue weighted by atomic mass is 10.2. The minimum absolute atomic E-state index is 0.179. The Balaban J connectivity index is 0.000000235. The fourth-order valence-electron chi connectivity index (χ4n) is 1.81. The van der Waals surface area contributed by atoms with Crippen LogP contribution in [0, 0.1) is 6.92 Å². The van der Waals surface area contributed by atoms with Crippen LogP contribution in [0.15, 0.2) is 24.3 Å². The van der Waals surface area contributed by atoms with E-state index in [1.807, 2.05) is 24.3 Å². The molecule has 5 N–H and O–H groups in total. The number of hydrogen-bond acceptors (Lipinski definition) is 7. The van der Waals surface area contributed by atoms with Crippen LogP contribution in [0.25, 0.3) is 0 Å². The number of carbonyl (C=O) groups excluding carboxylic acids is 1. The van der Waals surface area contributed by atoms with Crippen LogP contribution in [0.4, 0.5) is 16.5 Å². The number of aromatic nitrogens is 1. The summed E-state index contributed by atoms with van der Waals surface area (Å²) < 4.78 is 0. The SMILES string of the molecule is CCN(CCO)c1ccc(N)cc1.Cc1nc(N)sc1C=O. The van der Waals surface area contributed by atoms with Crippen LogP contribution in [0.2, 0.25) is 0 Å². The average molecular weight is 322 g/mol. The fourth-order valence-corrected chi connectivity index (χ4v) is 2.46. The van der Waals surface area contributed by atoms with Gasteiger partial charge in [0, 0.05) is 24.5 Å². The summed E-state index contributed by atoms with van der Waals surface area (Å²) in [4.78, 5) is 16.7. The smallest absolute Gasteiger partial charge is 0.180 e. The van der Waals surface area contributed by atoms with Gasteiger partial charge in [0.25, 0.3) is 0 Å². The topological polar surface area (TPSA) is 105 Å². The second-order valence-electron chi connectivity index (χ2n) is 4.51. The van der Waals surface area contributed by atoms with Gasteiger partial charge in [-0.25, -0.2) is 4.98 Å². The predicted octanol–water partition coefficient (Wildman–Crippen LogP) is 1.93. The Hall–Kier alpha value is -2.12. The van der Waals surface area contributed by atoms with E-state index in [0.717, 1.165) is 24.2 Å². The first-order valence-corrected chi connectivity index (χ1v) is 7.72. The van der Waals surface area contributed by atoms with Crippen molar-refractivity contribution in [1.29, 1.82) is 0 Å². The van der Waals surface area contributed by atoms with Crippen molar-refractivity contribution in [1.82, 2.24) is 4.98 Å². The average Bonchev–Trinajstić information content (AvgIpc) is 2.84. The molecule has 0 unspecified atom stereocenters. The van der Waals surface area contributed by atoms with Crippen molar-refractivity contribution in [3.63, 3.8) is 0 Å². The van der Waals surface area contributed by atoms with E-state index in [9.17, 15) is 4.79 Å². The number of anilines is 3. The fraction of sp³-hybridized carbons (Fsp3) is 0.333. The van der Waals surface area contributed by atoms with Crippen molar-refractivity contribution < 1.29 is 9.90 Å². The van der Waals surface area contributed by atoms with E-state index >= 15 is 0 Å². The summed E-state index contributed by atoms with van der Waals surface area (Å²) >= 11 is 1.21. The molecule has 7 heteroatoms. The molecule has 6 nitrogen and oxygen atoms in total. The van der Waals surface area contributed by atoms with Crippen LogP contribution in [-0.4, -0.2) is 36.1 Å². The van der Waals surface area contributed by atoms with Gasteiger partial charge in [0.15, 0.2) is 11.4 Å². The van der Waals surface area contributed by atoms with Crippen molar-refractivity contribution >= 4 is 34.1 Å². The quantitative estimate of drug-likeness (QED) is 0.574. The zero-order chi connectivity index (χ0) is 16.5. The molecule has 1 heterocycles. The number of aryl methyl sites for hydroxylation is 1. The lowest BCUT2D eigenvalue weighted by Crippen LogP contribution is -2.25. The summed E-state index contributed by atoms with van der Waals surface area (Å²) in [5, 5.41) is 9.27. The molecule has 0 radical (unpaired) electrons. The minimum Gasteiger partial charge on any atom is -0.399 e. The minimum atomic E-state index is 0.179. The Labute approximate surface area is 134 Å². The summed E-state index contributed by atoms with van der Waals surface area (Å²) in [6, 6.07) is 7.67. The number of aliphatic hydroxyl groups excluding tert-OH is 1. The highest BCUT2D eigenvalue weighted by molar-refractivity contribution is 7.17. The molecule has 2 rings (SSSR count). The summed E-state index contributed by atoms with van der Waals surface area (Å²) in [6.07, 6.45) is 0.767. The monoisotopic (exact) mass is 322 g/mol. The van der Waals surface area contributed by atoms with Gasteiger partial charge < -0.3 is 21.5 Å². The van der Waals surface area contributed by atoms with Gasteiger partial charge in [-0.05, 0) is 38.1 Å². The molecule has 22 heavy (non-hydrogen) atoms. The molecular formula is C15H22N4O2S. The first kappa shape index (κ1) is 17.9. The summed E-state index contributed by atoms with van der Waals surface area (Å²) in [5.74, 6) is 0. The van der Waals surface area contributed by atoms with Gasteiger partial charge in [-0.15, -0.1) is 0 Å². The first-order valence-electron chi connectivity index (χ1n) is 6.91. The Morgan fingerprint density at radius 2 is 1.95 bits per heavy atom. The van der Waals surface area contributed by atoms with Crippen molar-refractivity contribution in [3.8, 4) is 0 Å². The van der Waals surface area contributed by atoms with E-state index < -0.39 is 0 Å². The van der Waals surface area contributed by atoms with Crippen LogP contribution in [0.1, 0.15) is 22.3 Å². The van der Waals surface area contributed by atoms with Crippen molar-refractivity contribution in [2.75, 3.05) is 36.1 Å². The molecule has 120 valence electrons. The number of hydrogen-bond donors (Lipinski definition) is 3. The van der Waals surface area contributed by atoms with E-state index in [1.54, 1.807) is 6.92 Å². The number of likely N-dealkylation sites (N-methyl/N-ethyl adjacent to an activating group) is 1. The largest absolute Gasteiger partial charge is 0.399 e. The maximum Gasteiger partial charge on any atom is 0.180 e. The van der Waals surface area contributed by atoms with E-state index in [1.165, 1.54) is 11.3 Å². The first-order chi connectivity index (χ1) is 10.5. The third-order valence-corrected chi connectivity index (χ3v) is 3.88. The molecule has 0 atom stereocenters. The molecular weight excluding hydrogens is 300 g/mol. The summed E-state index contributed by atoms with van der Waals surface area (Å²) in [5.41, 5.74) is 13.5. The number of aliphatic hydroxyl groups is 1. The lowest BCUT2D eigenvalue weighted by molar-refractivity contribution is 0.112. The molecule has 0 aliphatic heterocycles. The Bertz CT molecular complexity index is 584. The number of aldehydes is 1. The van der Waals surface area contributed by atoms with Gasteiger partial charge in [-0.1, -0.05) is 11.3 Å². The van der Waals surface area contributed by atoms with Gasteiger partial charge in [0.2, 0.25) is 0 Å². The molecule has 0 saturated carbocycles. The number of nitrogens with zero attached hydrogens (tertiary/aromatic N) is 2. The van der Waals surface area contributed by atoms with Gasteiger partial charge >= 0.3 is 0 Å². The van der Waals surface area contributed by atoms with Crippen LogP contribution >= 0.6 is 11.3 Å². The molecule has 0 bridgehead atoms. The highest BCUT2D eigenvalue weighted by Crippen LogP contribution is 2.16. The third-order valence-electron chi connectivity index (χ3n) is 2.97. The number of thiazole rings is 1. The van der Waals surface area contributed by atoms with E-state index in [0.29, 0.717) is 22.2 Å². The van der Waals surface area contributed by atoms with Crippen molar-refractivity contribution in [2.24, 2.45) is 0 Å². The van der Waals surface area contributed by atoms with Gasteiger partial charge in [-0.3, -0.25) is 4.79 Å². The number of carbonyl (C=O) groups is 1. The van der Waals surface area contributed by atoms with E-state index in [-0.39, 0.29) is 6.61 Å². The van der Waals surface area contributed by atoms with E-state index in [4.69, 9.17) is 16.6 Å². The van der Waals surface area contributed by atoms with Crippen LogP contribution in [0.5, 0.6) is 0 Å². The van der Waals surface area contributed by atoms with Crippen LogP contribution in [-0.2, 0) is 0 Å². The zero-order valence-corrected chi connectivity index (χ0v) is 13.6. The number of rotatable bonds is 5. The molecule has 0 saturated heterocycles. The molecule has 0 amide bonds. The molecule has 0 fully saturated rings.